The van der Waals surface area contributed by atoms with E-state index in [2.05, 4.69) is 13.8 Å². The Bertz CT molecular complexity index is 824. The van der Waals surface area contributed by atoms with Crippen LogP contribution in [0.3, 0.4) is 0 Å². The number of hydrogen-bond acceptors (Lipinski definition) is 14. The zero-order valence-corrected chi connectivity index (χ0v) is 22.4. The Morgan fingerprint density at radius 3 is 2.26 bits per heavy atom. The first-order chi connectivity index (χ1) is 13.3. The van der Waals surface area contributed by atoms with Crippen LogP contribution < -0.4 is 86.1 Å². The van der Waals surface area contributed by atoms with E-state index >= 15 is 0 Å². The van der Waals surface area contributed by atoms with Crippen LogP contribution in [0.1, 0.15) is 6.23 Å². The first-order valence-electron chi connectivity index (χ1n) is 7.69. The van der Waals surface area contributed by atoms with Crippen molar-refractivity contribution >= 4 is 21.5 Å². The molecule has 0 amide bonds. The molecular weight excluding hydrogens is 488 g/mol. The maximum absolute atomic E-state index is 11.7. The summed E-state index contributed by atoms with van der Waals surface area (Å²) in [4.78, 5) is 45.1. The van der Waals surface area contributed by atoms with Crippen LogP contribution in [-0.4, -0.2) is 67.8 Å². The second kappa shape index (κ2) is 14.9. The Balaban J connectivity index is 0. The van der Waals surface area contributed by atoms with Gasteiger partial charge in [0, 0.05) is 12.7 Å². The van der Waals surface area contributed by atoms with Gasteiger partial charge in [-0.05, 0) is 6.07 Å². The average molecular weight is 508 g/mol. The number of nitrogen functional groups attached to an aromatic ring is 1. The van der Waals surface area contributed by atoms with Crippen molar-refractivity contribution in [1.82, 2.24) is 9.55 Å². The quantitative estimate of drug-likeness (QED) is 0.147. The van der Waals surface area contributed by atoms with E-state index in [0.29, 0.717) is 6.54 Å². The molecule has 6 atom stereocenters. The van der Waals surface area contributed by atoms with Gasteiger partial charge in [-0.15, -0.1) is 0 Å². The summed E-state index contributed by atoms with van der Waals surface area (Å²) in [7, 11) is -11.1. The van der Waals surface area contributed by atoms with Crippen LogP contribution in [-0.2, 0) is 22.7 Å². The van der Waals surface area contributed by atoms with Crippen molar-refractivity contribution in [3.8, 4) is 0 Å². The van der Waals surface area contributed by atoms with Gasteiger partial charge in [-0.3, -0.25) is 13.7 Å². The summed E-state index contributed by atoms with van der Waals surface area (Å²) in [6, 6.07) is 1.22. The summed E-state index contributed by atoms with van der Waals surface area (Å²) in [5.74, 6) is -0.0929. The number of aliphatic hydroxyl groups excluding tert-OH is 3. The van der Waals surface area contributed by atoms with Crippen LogP contribution in [0.2, 0.25) is 0 Å². The van der Waals surface area contributed by atoms with E-state index in [1.54, 1.807) is 0 Å². The Morgan fingerprint density at radius 1 is 1.26 bits per heavy atom. The van der Waals surface area contributed by atoms with Gasteiger partial charge in [0.05, 0.1) is 13.2 Å². The fourth-order valence-corrected chi connectivity index (χ4v) is 3.56. The van der Waals surface area contributed by atoms with E-state index in [-0.39, 0.29) is 71.5 Å². The molecule has 1 aliphatic heterocycles. The monoisotopic (exact) mass is 508 g/mol. The minimum atomic E-state index is -5.62. The molecule has 0 saturated carbocycles. The number of rotatable bonds is 7. The zero-order chi connectivity index (χ0) is 22.4. The smallest absolute Gasteiger partial charge is 0.756 e. The van der Waals surface area contributed by atoms with Gasteiger partial charge in [0.2, 0.25) is 0 Å². The van der Waals surface area contributed by atoms with Crippen molar-refractivity contribution in [3.63, 3.8) is 0 Å². The summed E-state index contributed by atoms with van der Waals surface area (Å²) < 4.78 is 35.1. The molecule has 0 aromatic carbocycles. The SMILES string of the molecule is NCCO.Nc1ccn(C2OC(COP(=O)([O-])OP(=O)([O-])O)C(O)C2O)c(=O)n1.[Na+].[Na+]. The molecule has 31 heavy (non-hydrogen) atoms. The fraction of sp³-hybridized carbons (Fsp3) is 0.636. The van der Waals surface area contributed by atoms with Crippen LogP contribution in [0, 0.1) is 0 Å². The van der Waals surface area contributed by atoms with Gasteiger partial charge in [-0.1, -0.05) is 0 Å². The van der Waals surface area contributed by atoms with Gasteiger partial charge in [0.25, 0.3) is 15.6 Å². The number of phosphoric ester groups is 1. The third-order valence-electron chi connectivity index (χ3n) is 3.19. The molecule has 2 rings (SSSR count). The van der Waals surface area contributed by atoms with E-state index in [0.717, 1.165) is 10.8 Å². The first-order valence-corrected chi connectivity index (χ1v) is 10.6. The largest absolute Gasteiger partial charge is 1.00 e. The third-order valence-corrected chi connectivity index (χ3v) is 5.28. The Kier molecular flexibility index (Phi) is 16.3. The van der Waals surface area contributed by atoms with Crippen molar-refractivity contribution in [2.45, 2.75) is 24.5 Å². The van der Waals surface area contributed by atoms with Gasteiger partial charge < -0.3 is 50.7 Å². The molecule has 6 unspecified atom stereocenters. The average Bonchev–Trinajstić information content (AvgIpc) is 2.86. The second-order valence-corrected chi connectivity index (χ2v) is 8.14. The molecule has 2 heterocycles. The van der Waals surface area contributed by atoms with Crippen molar-refractivity contribution in [1.29, 1.82) is 0 Å². The molecule has 1 aromatic rings. The van der Waals surface area contributed by atoms with Crippen molar-refractivity contribution in [2.75, 3.05) is 25.5 Å². The van der Waals surface area contributed by atoms with Gasteiger partial charge in [0.1, 0.15) is 24.1 Å². The van der Waals surface area contributed by atoms with Crippen molar-refractivity contribution < 1.29 is 112 Å². The molecule has 0 radical (unpaired) electrons. The molecule has 16 nitrogen and oxygen atoms in total. The summed E-state index contributed by atoms with van der Waals surface area (Å²) in [5.41, 5.74) is 9.19. The standard InChI is InChI=1S/C9H15N3O11P2.C2H7NO.2Na/c10-5-1-2-12(9(15)11-5)8-7(14)6(13)4(22-8)3-21-25(19,20)23-24(16,17)18;3-1-2-4;;/h1-2,4,6-8,13-14H,3H2,(H,19,20)(H2,10,11,15)(H2,16,17,18);4H,1-3H2;;/q;;2*+1/p-2. The van der Waals surface area contributed by atoms with E-state index in [1.165, 1.54) is 6.07 Å². The second-order valence-electron chi connectivity index (χ2n) is 5.39. The van der Waals surface area contributed by atoms with E-state index in [4.69, 9.17) is 26.2 Å². The number of phosphoric acid groups is 2. The Hall–Kier alpha value is 0.740. The maximum Gasteiger partial charge on any atom is 1.00 e. The number of nitrogens with zero attached hydrogens (tertiary/aromatic N) is 2. The van der Waals surface area contributed by atoms with E-state index in [1.807, 2.05) is 0 Å². The summed E-state index contributed by atoms with van der Waals surface area (Å²) in [6.45, 7) is -0.493. The van der Waals surface area contributed by atoms with Crippen LogP contribution in [0.15, 0.2) is 17.1 Å². The molecule has 20 heteroatoms. The molecule has 0 bridgehead atoms. The maximum atomic E-state index is 11.7. The molecule has 1 aromatic heterocycles. The molecule has 0 spiro atoms. The molecule has 168 valence electrons. The predicted octanol–water partition coefficient (Wildman–Crippen LogP) is -10.6. The number of nitrogens with two attached hydrogens (primary N) is 2. The summed E-state index contributed by atoms with van der Waals surface area (Å²) in [6.07, 6.45) is -5.12. The molecule has 1 saturated heterocycles. The van der Waals surface area contributed by atoms with Crippen LogP contribution >= 0.6 is 15.6 Å². The predicted molar refractivity (Wildman–Crippen MR) is 89.4 cm³/mol. The van der Waals surface area contributed by atoms with Crippen molar-refractivity contribution in [2.24, 2.45) is 5.73 Å². The third kappa shape index (κ3) is 11.6. The summed E-state index contributed by atoms with van der Waals surface area (Å²) >= 11 is 0. The topological polar surface area (TPSA) is 276 Å². The molecule has 8 N–H and O–H groups in total. The molecule has 0 aliphatic carbocycles. The van der Waals surface area contributed by atoms with Crippen LogP contribution in [0.25, 0.3) is 0 Å². The normalized spacial score (nSPS) is 26.3. The van der Waals surface area contributed by atoms with Gasteiger partial charge >= 0.3 is 64.8 Å². The van der Waals surface area contributed by atoms with Gasteiger partial charge in [-0.2, -0.15) is 4.98 Å². The number of hydrogen-bond donors (Lipinski definition) is 6. The Labute approximate surface area is 220 Å². The zero-order valence-electron chi connectivity index (χ0n) is 16.6. The number of aliphatic hydroxyl groups is 3. The Morgan fingerprint density at radius 2 is 1.81 bits per heavy atom. The number of anilines is 1. The van der Waals surface area contributed by atoms with Crippen LogP contribution in [0.5, 0.6) is 0 Å². The van der Waals surface area contributed by atoms with Crippen molar-refractivity contribution in [3.05, 3.63) is 22.7 Å². The number of aromatic nitrogens is 2. The van der Waals surface area contributed by atoms with E-state index in [9.17, 15) is 33.9 Å². The molecule has 1 aliphatic rings. The first kappa shape index (κ1) is 33.9. The fourth-order valence-electron chi connectivity index (χ4n) is 2.03. The van der Waals surface area contributed by atoms with E-state index < -0.39 is 52.5 Å². The summed E-state index contributed by atoms with van der Waals surface area (Å²) in [5, 5.41) is 27.5. The molecular formula is C11H20N4Na2O12P2. The minimum absolute atomic E-state index is 0. The van der Waals surface area contributed by atoms with Gasteiger partial charge in [-0.25, -0.2) is 9.11 Å². The minimum Gasteiger partial charge on any atom is -0.756 e. The van der Waals surface area contributed by atoms with Gasteiger partial charge in [0.15, 0.2) is 6.23 Å². The number of ether oxygens (including phenoxy) is 1. The van der Waals surface area contributed by atoms with Crippen LogP contribution in [0.4, 0.5) is 5.82 Å². The molecule has 1 fully saturated rings.